The SMILES string of the molecule is O=[N+]([O-])c1cccc(NN=Cc2cc(Br)ccc2O)c1. The van der Waals surface area contributed by atoms with Crippen molar-refractivity contribution in [2.45, 2.75) is 0 Å². The summed E-state index contributed by atoms with van der Waals surface area (Å²) in [4.78, 5) is 10.2. The number of benzene rings is 2. The van der Waals surface area contributed by atoms with Crippen LogP contribution in [-0.2, 0) is 0 Å². The summed E-state index contributed by atoms with van der Waals surface area (Å²) in [5, 5.41) is 24.2. The molecule has 7 heteroatoms. The van der Waals surface area contributed by atoms with Crippen molar-refractivity contribution >= 4 is 33.5 Å². The number of anilines is 1. The molecule has 0 bridgehead atoms. The lowest BCUT2D eigenvalue weighted by Gasteiger charge is -2.01. The molecule has 0 radical (unpaired) electrons. The molecule has 0 aliphatic carbocycles. The number of phenols is 1. The van der Waals surface area contributed by atoms with Gasteiger partial charge in [0.1, 0.15) is 5.75 Å². The lowest BCUT2D eigenvalue weighted by Crippen LogP contribution is -1.93. The van der Waals surface area contributed by atoms with Gasteiger partial charge in [-0.3, -0.25) is 15.5 Å². The van der Waals surface area contributed by atoms with E-state index in [1.54, 1.807) is 30.3 Å². The fourth-order valence-electron chi connectivity index (χ4n) is 1.49. The van der Waals surface area contributed by atoms with Crippen molar-refractivity contribution in [1.29, 1.82) is 0 Å². The third-order valence-electron chi connectivity index (χ3n) is 2.44. The second-order valence-electron chi connectivity index (χ2n) is 3.88. The Bertz CT molecular complexity index is 674. The number of halogens is 1. The maximum absolute atomic E-state index is 10.6. The molecule has 2 aromatic carbocycles. The van der Waals surface area contributed by atoms with Crippen molar-refractivity contribution in [2.24, 2.45) is 5.10 Å². The maximum Gasteiger partial charge on any atom is 0.271 e. The minimum Gasteiger partial charge on any atom is -0.507 e. The number of hydrogen-bond acceptors (Lipinski definition) is 5. The van der Waals surface area contributed by atoms with Crippen molar-refractivity contribution in [3.05, 3.63) is 62.6 Å². The van der Waals surface area contributed by atoms with Crippen LogP contribution in [0.4, 0.5) is 11.4 Å². The average molecular weight is 336 g/mol. The van der Waals surface area contributed by atoms with E-state index in [9.17, 15) is 15.2 Å². The summed E-state index contributed by atoms with van der Waals surface area (Å²) in [5.41, 5.74) is 3.67. The summed E-state index contributed by atoms with van der Waals surface area (Å²) < 4.78 is 0.812. The van der Waals surface area contributed by atoms with Crippen LogP contribution in [0, 0.1) is 10.1 Å². The number of nitrogens with one attached hydrogen (secondary N) is 1. The minimum atomic E-state index is -0.477. The molecule has 0 fully saturated rings. The molecule has 6 nitrogen and oxygen atoms in total. The third kappa shape index (κ3) is 3.55. The Balaban J connectivity index is 2.12. The number of nitro groups is 1. The molecule has 0 saturated heterocycles. The maximum atomic E-state index is 10.6. The second-order valence-corrected chi connectivity index (χ2v) is 4.80. The van der Waals surface area contributed by atoms with Crippen LogP contribution in [-0.4, -0.2) is 16.2 Å². The fraction of sp³-hybridized carbons (Fsp3) is 0. The van der Waals surface area contributed by atoms with Crippen LogP contribution >= 0.6 is 15.9 Å². The number of nitro benzene ring substituents is 1. The fourth-order valence-corrected chi connectivity index (χ4v) is 1.87. The zero-order valence-corrected chi connectivity index (χ0v) is 11.7. The van der Waals surface area contributed by atoms with Gasteiger partial charge in [0.05, 0.1) is 16.8 Å². The van der Waals surface area contributed by atoms with Gasteiger partial charge >= 0.3 is 0 Å². The molecule has 2 aromatic rings. The van der Waals surface area contributed by atoms with Gasteiger partial charge in [-0.1, -0.05) is 22.0 Å². The number of non-ortho nitro benzene ring substituents is 1. The Hall–Kier alpha value is -2.41. The zero-order chi connectivity index (χ0) is 14.5. The van der Waals surface area contributed by atoms with Gasteiger partial charge < -0.3 is 5.11 Å². The van der Waals surface area contributed by atoms with Crippen molar-refractivity contribution in [3.8, 4) is 5.75 Å². The highest BCUT2D eigenvalue weighted by molar-refractivity contribution is 9.10. The van der Waals surface area contributed by atoms with E-state index in [1.165, 1.54) is 18.3 Å². The Labute approximate surface area is 123 Å². The first-order valence-electron chi connectivity index (χ1n) is 5.58. The van der Waals surface area contributed by atoms with E-state index in [2.05, 4.69) is 26.5 Å². The first-order valence-corrected chi connectivity index (χ1v) is 6.37. The molecule has 20 heavy (non-hydrogen) atoms. The molecule has 0 aromatic heterocycles. The highest BCUT2D eigenvalue weighted by Gasteiger charge is 2.04. The molecule has 0 aliphatic heterocycles. The molecule has 0 spiro atoms. The van der Waals surface area contributed by atoms with Gasteiger partial charge in [-0.05, 0) is 24.3 Å². The summed E-state index contributed by atoms with van der Waals surface area (Å²) in [6.07, 6.45) is 1.43. The first-order chi connectivity index (χ1) is 9.56. The molecular formula is C13H10BrN3O3. The van der Waals surface area contributed by atoms with Crippen LogP contribution in [0.2, 0.25) is 0 Å². The topological polar surface area (TPSA) is 87.8 Å². The van der Waals surface area contributed by atoms with Gasteiger partial charge in [0.2, 0.25) is 0 Å². The molecule has 2 N–H and O–H groups in total. The number of rotatable bonds is 4. The molecule has 0 aliphatic rings. The molecule has 0 heterocycles. The largest absolute Gasteiger partial charge is 0.507 e. The van der Waals surface area contributed by atoms with Gasteiger partial charge in [-0.15, -0.1) is 0 Å². The Morgan fingerprint density at radius 3 is 2.85 bits per heavy atom. The van der Waals surface area contributed by atoms with E-state index in [-0.39, 0.29) is 11.4 Å². The van der Waals surface area contributed by atoms with Crippen molar-refractivity contribution < 1.29 is 10.0 Å². The minimum absolute atomic E-state index is 0.0181. The molecule has 0 unspecified atom stereocenters. The smallest absolute Gasteiger partial charge is 0.271 e. The normalized spacial score (nSPS) is 10.7. The Kier molecular flexibility index (Phi) is 4.31. The van der Waals surface area contributed by atoms with Gasteiger partial charge in [0.15, 0.2) is 0 Å². The number of aromatic hydroxyl groups is 1. The van der Waals surface area contributed by atoms with Gasteiger partial charge in [0.25, 0.3) is 5.69 Å². The average Bonchev–Trinajstić information content (AvgIpc) is 2.43. The Morgan fingerprint density at radius 2 is 2.10 bits per heavy atom. The number of hydrogen-bond donors (Lipinski definition) is 2. The Morgan fingerprint density at radius 1 is 1.30 bits per heavy atom. The van der Waals surface area contributed by atoms with E-state index in [0.29, 0.717) is 11.3 Å². The van der Waals surface area contributed by atoms with E-state index < -0.39 is 4.92 Å². The predicted octanol–water partition coefficient (Wildman–Crippen LogP) is 3.51. The quantitative estimate of drug-likeness (QED) is 0.508. The van der Waals surface area contributed by atoms with Crippen LogP contribution < -0.4 is 5.43 Å². The zero-order valence-electron chi connectivity index (χ0n) is 10.2. The standard InChI is InChI=1S/C13H10BrN3O3/c14-10-4-5-13(18)9(6-10)8-15-16-11-2-1-3-12(7-11)17(19)20/h1-8,16,18H. The van der Waals surface area contributed by atoms with Gasteiger partial charge in [-0.25, -0.2) is 0 Å². The van der Waals surface area contributed by atoms with Gasteiger partial charge in [0, 0.05) is 22.2 Å². The van der Waals surface area contributed by atoms with Crippen LogP contribution in [0.25, 0.3) is 0 Å². The molecular weight excluding hydrogens is 326 g/mol. The van der Waals surface area contributed by atoms with Crippen LogP contribution in [0.1, 0.15) is 5.56 Å². The summed E-state index contributed by atoms with van der Waals surface area (Å²) in [7, 11) is 0. The van der Waals surface area contributed by atoms with Crippen molar-refractivity contribution in [3.63, 3.8) is 0 Å². The molecule has 0 saturated carbocycles. The molecule has 2 rings (SSSR count). The van der Waals surface area contributed by atoms with E-state index in [1.807, 2.05) is 0 Å². The van der Waals surface area contributed by atoms with Crippen molar-refractivity contribution in [2.75, 3.05) is 5.43 Å². The van der Waals surface area contributed by atoms with Gasteiger partial charge in [-0.2, -0.15) is 5.10 Å². The third-order valence-corrected chi connectivity index (χ3v) is 2.94. The monoisotopic (exact) mass is 335 g/mol. The summed E-state index contributed by atoms with van der Waals surface area (Å²) >= 11 is 3.29. The first kappa shape index (κ1) is 14.0. The van der Waals surface area contributed by atoms with Crippen LogP contribution in [0.3, 0.4) is 0 Å². The van der Waals surface area contributed by atoms with E-state index >= 15 is 0 Å². The lowest BCUT2D eigenvalue weighted by molar-refractivity contribution is -0.384. The summed E-state index contributed by atoms with van der Waals surface area (Å²) in [6.45, 7) is 0. The molecule has 0 amide bonds. The van der Waals surface area contributed by atoms with E-state index in [4.69, 9.17) is 0 Å². The lowest BCUT2D eigenvalue weighted by atomic mass is 10.2. The number of phenolic OH excluding ortho intramolecular Hbond substituents is 1. The van der Waals surface area contributed by atoms with Crippen LogP contribution in [0.15, 0.2) is 52.0 Å². The van der Waals surface area contributed by atoms with Crippen LogP contribution in [0.5, 0.6) is 5.75 Å². The summed E-state index contributed by atoms with van der Waals surface area (Å²) in [5.74, 6) is 0.0952. The molecule has 0 atom stereocenters. The molecule has 102 valence electrons. The van der Waals surface area contributed by atoms with E-state index in [0.717, 1.165) is 4.47 Å². The summed E-state index contributed by atoms with van der Waals surface area (Å²) in [6, 6.07) is 10.9. The number of nitrogens with zero attached hydrogens (tertiary/aromatic N) is 2. The van der Waals surface area contributed by atoms with Crippen molar-refractivity contribution in [1.82, 2.24) is 0 Å². The highest BCUT2D eigenvalue weighted by atomic mass is 79.9. The number of hydrazone groups is 1. The second kappa shape index (κ2) is 6.16. The highest BCUT2D eigenvalue weighted by Crippen LogP contribution is 2.20. The predicted molar refractivity (Wildman–Crippen MR) is 80.1 cm³/mol.